The van der Waals surface area contributed by atoms with Crippen LogP contribution in [0.25, 0.3) is 0 Å². The zero-order chi connectivity index (χ0) is 18.1. The van der Waals surface area contributed by atoms with E-state index >= 15 is 0 Å². The second-order valence-electron chi connectivity index (χ2n) is 7.03. The molecule has 1 fully saturated rings. The summed E-state index contributed by atoms with van der Waals surface area (Å²) in [4.78, 5) is 0. The maximum absolute atomic E-state index is 12.4. The molecular weight excluding hydrogens is 360 g/mol. The fourth-order valence-electron chi connectivity index (χ4n) is 4.04. The van der Waals surface area contributed by atoms with E-state index in [1.165, 1.54) is 18.1 Å². The third-order valence-corrected chi connectivity index (χ3v) is 8.17. The van der Waals surface area contributed by atoms with Crippen molar-refractivity contribution in [1.29, 1.82) is 0 Å². The Bertz CT molecular complexity index is 788. The molecule has 25 heavy (non-hydrogen) atoms. The Morgan fingerprint density at radius 1 is 0.960 bits per heavy atom. The summed E-state index contributed by atoms with van der Waals surface area (Å²) in [6.45, 7) is 1.43. The minimum Gasteiger partial charge on any atom is -0.214 e. The lowest BCUT2D eigenvalue weighted by atomic mass is 9.94. The molecule has 2 bridgehead atoms. The number of benzene rings is 1. The number of rotatable bonds is 7. The summed E-state index contributed by atoms with van der Waals surface area (Å²) in [6, 6.07) is 8.30. The first-order valence-electron chi connectivity index (χ1n) is 8.84. The first-order valence-corrected chi connectivity index (χ1v) is 12.1. The molecule has 0 saturated heterocycles. The van der Waals surface area contributed by atoms with Gasteiger partial charge in [0.1, 0.15) is 0 Å². The van der Waals surface area contributed by atoms with Gasteiger partial charge in [-0.2, -0.15) is 0 Å². The van der Waals surface area contributed by atoms with Gasteiger partial charge >= 0.3 is 0 Å². The van der Waals surface area contributed by atoms with E-state index in [0.717, 1.165) is 25.7 Å². The normalized spacial score (nSPS) is 26.2. The Morgan fingerprint density at radius 2 is 1.52 bits per heavy atom. The molecule has 0 spiro atoms. The quantitative estimate of drug-likeness (QED) is 0.732. The summed E-state index contributed by atoms with van der Waals surface area (Å²) in [6.07, 6.45) is 3.88. The third kappa shape index (κ3) is 4.61. The number of fused-ring (bicyclic) bond motifs is 3. The molecule has 3 rings (SSSR count). The highest BCUT2D eigenvalue weighted by Gasteiger charge is 2.40. The number of hydrogen-bond acceptors (Lipinski definition) is 4. The van der Waals surface area contributed by atoms with Gasteiger partial charge in [0.05, 0.1) is 11.5 Å². The van der Waals surface area contributed by atoms with Gasteiger partial charge in [-0.1, -0.05) is 24.3 Å². The molecule has 0 aromatic heterocycles. The first kappa shape index (κ1) is 18.8. The van der Waals surface area contributed by atoms with Crippen molar-refractivity contribution in [1.82, 2.24) is 9.44 Å². The molecule has 2 unspecified atom stereocenters. The Labute approximate surface area is 150 Å². The molecule has 2 N–H and O–H groups in total. The van der Waals surface area contributed by atoms with E-state index in [2.05, 4.69) is 21.6 Å². The van der Waals surface area contributed by atoms with Crippen LogP contribution in [0.1, 0.15) is 30.9 Å². The zero-order valence-corrected chi connectivity index (χ0v) is 16.1. The highest BCUT2D eigenvalue weighted by atomic mass is 32.2. The minimum absolute atomic E-state index is 0.0501. The average Bonchev–Trinajstić information content (AvgIpc) is 2.81. The van der Waals surface area contributed by atoms with E-state index in [1.807, 2.05) is 12.1 Å². The summed E-state index contributed by atoms with van der Waals surface area (Å²) in [7, 11) is -6.89. The second-order valence-corrected chi connectivity index (χ2v) is 11.0. The van der Waals surface area contributed by atoms with Crippen LogP contribution in [-0.4, -0.2) is 40.9 Å². The van der Waals surface area contributed by atoms with Crippen LogP contribution in [-0.2, 0) is 32.9 Å². The van der Waals surface area contributed by atoms with Gasteiger partial charge in [0.2, 0.25) is 20.0 Å². The van der Waals surface area contributed by atoms with Gasteiger partial charge in [0, 0.05) is 12.6 Å². The van der Waals surface area contributed by atoms with E-state index in [0.29, 0.717) is 11.8 Å². The van der Waals surface area contributed by atoms with Crippen LogP contribution in [0.15, 0.2) is 24.3 Å². The van der Waals surface area contributed by atoms with Crippen molar-refractivity contribution in [2.75, 3.05) is 18.1 Å². The van der Waals surface area contributed by atoms with E-state index in [-0.39, 0.29) is 24.1 Å². The molecule has 6 nitrogen and oxygen atoms in total. The van der Waals surface area contributed by atoms with Crippen molar-refractivity contribution >= 4 is 20.0 Å². The molecule has 0 amide bonds. The minimum atomic E-state index is -3.52. The Kier molecular flexibility index (Phi) is 5.53. The molecule has 0 aliphatic heterocycles. The lowest BCUT2D eigenvalue weighted by Gasteiger charge is -2.23. The molecule has 1 saturated carbocycles. The summed E-state index contributed by atoms with van der Waals surface area (Å²) in [5.41, 5.74) is 2.66. The molecule has 2 aliphatic carbocycles. The number of hydrogen-bond donors (Lipinski definition) is 2. The van der Waals surface area contributed by atoms with Gasteiger partial charge in [-0.15, -0.1) is 0 Å². The van der Waals surface area contributed by atoms with Crippen LogP contribution < -0.4 is 9.44 Å². The van der Waals surface area contributed by atoms with Gasteiger partial charge in [0.15, 0.2) is 0 Å². The highest BCUT2D eigenvalue weighted by molar-refractivity contribution is 7.90. The molecule has 0 heterocycles. The van der Waals surface area contributed by atoms with Gasteiger partial charge in [0.25, 0.3) is 0 Å². The Balaban J connectivity index is 1.65. The van der Waals surface area contributed by atoms with Crippen molar-refractivity contribution in [2.24, 2.45) is 11.8 Å². The number of sulfonamides is 2. The van der Waals surface area contributed by atoms with Crippen LogP contribution in [0, 0.1) is 11.8 Å². The third-order valence-electron chi connectivity index (χ3n) is 5.40. The summed E-state index contributed by atoms with van der Waals surface area (Å²) in [5, 5.41) is 0. The van der Waals surface area contributed by atoms with E-state index in [1.54, 1.807) is 0 Å². The smallest absolute Gasteiger partial charge is 0.213 e. The van der Waals surface area contributed by atoms with Crippen LogP contribution in [0.2, 0.25) is 0 Å². The van der Waals surface area contributed by atoms with Gasteiger partial charge in [-0.3, -0.25) is 0 Å². The van der Waals surface area contributed by atoms with Crippen molar-refractivity contribution in [3.63, 3.8) is 0 Å². The molecule has 1 aromatic rings. The van der Waals surface area contributed by atoms with E-state index in [9.17, 15) is 16.8 Å². The van der Waals surface area contributed by atoms with Gasteiger partial charge in [-0.25, -0.2) is 26.3 Å². The molecule has 2 aliphatic rings. The predicted molar refractivity (Wildman–Crippen MR) is 98.2 cm³/mol. The molecule has 140 valence electrons. The monoisotopic (exact) mass is 386 g/mol. The predicted octanol–water partition coefficient (Wildman–Crippen LogP) is 1.04. The Hall–Kier alpha value is -0.960. The second kappa shape index (κ2) is 7.34. The summed E-state index contributed by atoms with van der Waals surface area (Å²) in [5.74, 6) is 0.354. The summed E-state index contributed by atoms with van der Waals surface area (Å²) >= 11 is 0. The molecular formula is C17H26N2O4S2. The zero-order valence-electron chi connectivity index (χ0n) is 14.4. The molecule has 8 heteroatoms. The molecule has 1 aromatic carbocycles. The first-order chi connectivity index (χ1) is 11.8. The van der Waals surface area contributed by atoms with Crippen LogP contribution in [0.3, 0.4) is 0 Å². The molecule has 2 atom stereocenters. The van der Waals surface area contributed by atoms with E-state index in [4.69, 9.17) is 0 Å². The Morgan fingerprint density at radius 3 is 2.04 bits per heavy atom. The number of nitrogens with one attached hydrogen (secondary N) is 2. The fraction of sp³-hybridized carbons (Fsp3) is 0.647. The van der Waals surface area contributed by atoms with Crippen LogP contribution in [0.4, 0.5) is 0 Å². The average molecular weight is 387 g/mol. The van der Waals surface area contributed by atoms with Crippen LogP contribution in [0.5, 0.6) is 0 Å². The van der Waals surface area contributed by atoms with Crippen molar-refractivity contribution in [3.8, 4) is 0 Å². The standard InChI is InChI=1S/C17H26N2O4S2/c1-2-24(20,21)18-9-10-25(22,23)19-17-15-7-8-16(17)12-14-6-4-3-5-13(14)11-15/h3-6,15-19H,2,7-12H2,1H3. The maximum atomic E-state index is 12.4. The van der Waals surface area contributed by atoms with E-state index < -0.39 is 20.0 Å². The maximum Gasteiger partial charge on any atom is 0.213 e. The lowest BCUT2D eigenvalue weighted by molar-refractivity contribution is 0.386. The lowest BCUT2D eigenvalue weighted by Crippen LogP contribution is -2.44. The topological polar surface area (TPSA) is 92.3 Å². The summed E-state index contributed by atoms with van der Waals surface area (Å²) < 4.78 is 52.9. The van der Waals surface area contributed by atoms with Crippen molar-refractivity contribution in [3.05, 3.63) is 35.4 Å². The van der Waals surface area contributed by atoms with Crippen molar-refractivity contribution in [2.45, 2.75) is 38.6 Å². The highest BCUT2D eigenvalue weighted by Crippen LogP contribution is 2.40. The van der Waals surface area contributed by atoms with Crippen LogP contribution >= 0.6 is 0 Å². The SMILES string of the molecule is CCS(=O)(=O)NCCS(=O)(=O)NC1C2CCC1Cc1ccccc1C2. The van der Waals surface area contributed by atoms with Gasteiger partial charge in [-0.05, 0) is 55.6 Å². The van der Waals surface area contributed by atoms with Gasteiger partial charge < -0.3 is 0 Å². The molecule has 0 radical (unpaired) electrons. The fourth-order valence-corrected chi connectivity index (χ4v) is 6.08. The van der Waals surface area contributed by atoms with Crippen molar-refractivity contribution < 1.29 is 16.8 Å². The largest absolute Gasteiger partial charge is 0.214 e.